The SMILES string of the molecule is CN1[C]C=NC1. The Morgan fingerprint density at radius 1 is 2.00 bits per heavy atom. The minimum Gasteiger partial charge on any atom is -0.280 e. The Kier molecular flexibility index (Phi) is 0.881. The third-order valence-electron chi connectivity index (χ3n) is 0.663. The third-order valence-corrected chi connectivity index (χ3v) is 0.663. The molecular weight excluding hydrogens is 76.1 g/mol. The Balaban J connectivity index is 2.32. The van der Waals surface area contributed by atoms with E-state index >= 15 is 0 Å². The van der Waals surface area contributed by atoms with E-state index in [9.17, 15) is 0 Å². The summed E-state index contributed by atoms with van der Waals surface area (Å²) in [6, 6.07) is 0. The minimum absolute atomic E-state index is 0.778. The van der Waals surface area contributed by atoms with E-state index in [0.29, 0.717) is 0 Å². The highest BCUT2D eigenvalue weighted by Crippen LogP contribution is 1.91. The van der Waals surface area contributed by atoms with Crippen molar-refractivity contribution in [1.29, 1.82) is 0 Å². The van der Waals surface area contributed by atoms with Gasteiger partial charge in [0.25, 0.3) is 0 Å². The predicted octanol–water partition coefficient (Wildman–Crippen LogP) is -0.00111. The molecule has 0 unspecified atom stereocenters. The van der Waals surface area contributed by atoms with E-state index in [1.165, 1.54) is 0 Å². The zero-order valence-corrected chi connectivity index (χ0v) is 3.68. The Labute approximate surface area is 37.5 Å². The van der Waals surface area contributed by atoms with Gasteiger partial charge < -0.3 is 0 Å². The Bertz CT molecular complexity index is 59.9. The van der Waals surface area contributed by atoms with Gasteiger partial charge in [-0.2, -0.15) is 0 Å². The molecule has 0 aliphatic carbocycles. The quantitative estimate of drug-likeness (QED) is 0.401. The molecule has 0 aromatic carbocycles. The lowest BCUT2D eigenvalue weighted by atomic mass is 10.7. The minimum atomic E-state index is 0.778. The second-order valence-corrected chi connectivity index (χ2v) is 1.28. The zero-order valence-electron chi connectivity index (χ0n) is 3.68. The van der Waals surface area contributed by atoms with Crippen LogP contribution in [0.5, 0.6) is 0 Å². The first-order valence-corrected chi connectivity index (χ1v) is 1.85. The van der Waals surface area contributed by atoms with E-state index in [1.807, 2.05) is 11.9 Å². The topological polar surface area (TPSA) is 15.6 Å². The zero-order chi connectivity index (χ0) is 4.41. The van der Waals surface area contributed by atoms with Crippen LogP contribution in [0, 0.1) is 6.54 Å². The van der Waals surface area contributed by atoms with E-state index in [1.54, 1.807) is 6.21 Å². The van der Waals surface area contributed by atoms with E-state index < -0.39 is 0 Å². The largest absolute Gasteiger partial charge is 0.280 e. The fourth-order valence-corrected chi connectivity index (χ4v) is 0.344. The molecule has 0 N–H and O–H groups in total. The summed E-state index contributed by atoms with van der Waals surface area (Å²) in [4.78, 5) is 5.74. The second-order valence-electron chi connectivity index (χ2n) is 1.28. The Hall–Kier alpha value is -0.370. The van der Waals surface area contributed by atoms with Gasteiger partial charge in [-0.3, -0.25) is 9.89 Å². The van der Waals surface area contributed by atoms with Crippen LogP contribution in [0.15, 0.2) is 4.99 Å². The summed E-state index contributed by atoms with van der Waals surface area (Å²) in [7, 11) is 1.94. The van der Waals surface area contributed by atoms with Crippen LogP contribution in [0.1, 0.15) is 0 Å². The van der Waals surface area contributed by atoms with Gasteiger partial charge in [0.1, 0.15) is 6.54 Å². The average molecular weight is 82.1 g/mol. The molecule has 0 saturated heterocycles. The maximum Gasteiger partial charge on any atom is 0.109 e. The molecule has 0 atom stereocenters. The van der Waals surface area contributed by atoms with Gasteiger partial charge in [-0.25, -0.2) is 0 Å². The highest BCUT2D eigenvalue weighted by atomic mass is 15.2. The summed E-state index contributed by atoms with van der Waals surface area (Å²) in [6.45, 7) is 3.64. The van der Waals surface area contributed by atoms with Crippen LogP contribution in [-0.2, 0) is 0 Å². The monoisotopic (exact) mass is 82.1 g/mol. The molecule has 32 valence electrons. The molecule has 2 nitrogen and oxygen atoms in total. The fourth-order valence-electron chi connectivity index (χ4n) is 0.344. The van der Waals surface area contributed by atoms with Crippen LogP contribution in [0.3, 0.4) is 0 Å². The number of hydrogen-bond donors (Lipinski definition) is 0. The Morgan fingerprint density at radius 3 is 3.00 bits per heavy atom. The molecule has 0 bridgehead atoms. The molecule has 0 aromatic heterocycles. The van der Waals surface area contributed by atoms with Crippen LogP contribution in [-0.4, -0.2) is 24.8 Å². The van der Waals surface area contributed by atoms with Crippen LogP contribution >= 0.6 is 0 Å². The van der Waals surface area contributed by atoms with Gasteiger partial charge in [0, 0.05) is 6.21 Å². The summed E-state index contributed by atoms with van der Waals surface area (Å²) >= 11 is 0. The van der Waals surface area contributed by atoms with Gasteiger partial charge in [0.15, 0.2) is 0 Å². The van der Waals surface area contributed by atoms with Crippen molar-refractivity contribution in [1.82, 2.24) is 4.90 Å². The van der Waals surface area contributed by atoms with Gasteiger partial charge in [0.05, 0.1) is 6.67 Å². The van der Waals surface area contributed by atoms with Crippen molar-refractivity contribution >= 4 is 6.21 Å². The summed E-state index contributed by atoms with van der Waals surface area (Å²) < 4.78 is 0. The van der Waals surface area contributed by atoms with E-state index in [-0.39, 0.29) is 0 Å². The van der Waals surface area contributed by atoms with Crippen molar-refractivity contribution in [2.24, 2.45) is 4.99 Å². The molecule has 0 spiro atoms. The summed E-state index contributed by atoms with van der Waals surface area (Å²) in [5.74, 6) is 0. The van der Waals surface area contributed by atoms with Crippen molar-refractivity contribution in [3.8, 4) is 0 Å². The molecule has 0 amide bonds. The first-order valence-electron chi connectivity index (χ1n) is 1.85. The molecule has 2 heteroatoms. The van der Waals surface area contributed by atoms with Gasteiger partial charge >= 0.3 is 0 Å². The van der Waals surface area contributed by atoms with Gasteiger partial charge in [-0.05, 0) is 7.05 Å². The normalized spacial score (nSPS) is 22.8. The molecule has 0 fully saturated rings. The van der Waals surface area contributed by atoms with Gasteiger partial charge in [-0.1, -0.05) is 0 Å². The number of aliphatic imine (C=N–C) groups is 1. The molecular formula is C4H6N2. The van der Waals surface area contributed by atoms with Crippen LogP contribution in [0.2, 0.25) is 0 Å². The molecule has 0 aromatic rings. The highest BCUT2D eigenvalue weighted by Gasteiger charge is 1.98. The van der Waals surface area contributed by atoms with E-state index in [0.717, 1.165) is 6.67 Å². The first kappa shape index (κ1) is 3.81. The number of nitrogens with zero attached hydrogens (tertiary/aromatic N) is 2. The molecule has 6 heavy (non-hydrogen) atoms. The lowest BCUT2D eigenvalue weighted by Crippen LogP contribution is -2.07. The van der Waals surface area contributed by atoms with Crippen molar-refractivity contribution in [2.45, 2.75) is 0 Å². The molecule has 1 rings (SSSR count). The van der Waals surface area contributed by atoms with Crippen LogP contribution < -0.4 is 0 Å². The molecule has 1 aliphatic rings. The molecule has 0 saturated carbocycles. The summed E-state index contributed by atoms with van der Waals surface area (Å²) in [5, 5.41) is 0. The molecule has 1 aliphatic heterocycles. The third kappa shape index (κ3) is 0.571. The highest BCUT2D eigenvalue weighted by molar-refractivity contribution is 5.68. The smallest absolute Gasteiger partial charge is 0.109 e. The van der Waals surface area contributed by atoms with E-state index in [4.69, 9.17) is 0 Å². The van der Waals surface area contributed by atoms with Crippen molar-refractivity contribution in [3.63, 3.8) is 0 Å². The van der Waals surface area contributed by atoms with Gasteiger partial charge in [-0.15, -0.1) is 0 Å². The summed E-state index contributed by atoms with van der Waals surface area (Å²) in [6.07, 6.45) is 1.68. The van der Waals surface area contributed by atoms with Crippen LogP contribution in [0.25, 0.3) is 0 Å². The molecule has 2 radical (unpaired) electrons. The van der Waals surface area contributed by atoms with Crippen molar-refractivity contribution in [2.75, 3.05) is 13.7 Å². The van der Waals surface area contributed by atoms with Crippen LogP contribution in [0.4, 0.5) is 0 Å². The fraction of sp³-hybridized carbons (Fsp3) is 0.500. The van der Waals surface area contributed by atoms with Crippen molar-refractivity contribution < 1.29 is 0 Å². The van der Waals surface area contributed by atoms with E-state index in [2.05, 4.69) is 11.5 Å². The number of hydrogen-bond acceptors (Lipinski definition) is 2. The van der Waals surface area contributed by atoms with Gasteiger partial charge in [0.2, 0.25) is 0 Å². The standard InChI is InChI=1S/C4H6N2/c1-6-3-2-5-4-6/h2H,4H2,1H3. The lowest BCUT2D eigenvalue weighted by molar-refractivity contribution is 0.471. The molecule has 1 heterocycles. The predicted molar refractivity (Wildman–Crippen MR) is 24.4 cm³/mol. The lowest BCUT2D eigenvalue weighted by Gasteiger charge is -1.97. The van der Waals surface area contributed by atoms with Crippen molar-refractivity contribution in [3.05, 3.63) is 6.54 Å². The number of rotatable bonds is 0. The average Bonchev–Trinajstić information content (AvgIpc) is 1.86. The second kappa shape index (κ2) is 1.39. The maximum absolute atomic E-state index is 3.85. The first-order chi connectivity index (χ1) is 2.89. The Morgan fingerprint density at radius 2 is 2.83 bits per heavy atom. The maximum atomic E-state index is 3.85. The summed E-state index contributed by atoms with van der Waals surface area (Å²) in [5.41, 5.74) is 0.